The first kappa shape index (κ1) is 17.8. The molecule has 120 valence electrons. The van der Waals surface area contributed by atoms with E-state index in [0.717, 1.165) is 17.8 Å². The molecule has 1 rings (SSSR count). The highest BCUT2D eigenvalue weighted by Gasteiger charge is 2.11. The van der Waals surface area contributed by atoms with E-state index in [1.807, 2.05) is 13.1 Å². The van der Waals surface area contributed by atoms with Crippen molar-refractivity contribution in [3.63, 3.8) is 0 Å². The van der Waals surface area contributed by atoms with Gasteiger partial charge in [-0.05, 0) is 27.7 Å². The minimum absolute atomic E-state index is 0.0128. The highest BCUT2D eigenvalue weighted by Crippen LogP contribution is 2.09. The number of hydrogen-bond donors (Lipinski definition) is 2. The van der Waals surface area contributed by atoms with Gasteiger partial charge in [-0.3, -0.25) is 0 Å². The van der Waals surface area contributed by atoms with E-state index in [9.17, 15) is 0 Å². The van der Waals surface area contributed by atoms with Crippen LogP contribution in [0, 0.1) is 6.92 Å². The van der Waals surface area contributed by atoms with Gasteiger partial charge >= 0.3 is 0 Å². The number of methoxy groups -OCH3 is 2. The van der Waals surface area contributed by atoms with Crippen LogP contribution in [0.4, 0.5) is 5.95 Å². The average molecular weight is 296 g/mol. The molecule has 0 spiro atoms. The Morgan fingerprint density at radius 3 is 2.52 bits per heavy atom. The fourth-order valence-electron chi connectivity index (χ4n) is 1.71. The van der Waals surface area contributed by atoms with Crippen molar-refractivity contribution in [2.75, 3.05) is 32.7 Å². The fraction of sp³-hybridized carbons (Fsp3) is 0.733. The zero-order valence-corrected chi connectivity index (χ0v) is 14.0. The van der Waals surface area contributed by atoms with E-state index >= 15 is 0 Å². The Morgan fingerprint density at radius 2 is 2.00 bits per heavy atom. The third kappa shape index (κ3) is 6.84. The van der Waals surface area contributed by atoms with Gasteiger partial charge in [0.2, 0.25) is 5.95 Å². The molecule has 0 bridgehead atoms. The van der Waals surface area contributed by atoms with Crippen LogP contribution in [-0.4, -0.2) is 49.0 Å². The summed E-state index contributed by atoms with van der Waals surface area (Å²) in [4.78, 5) is 8.83. The van der Waals surface area contributed by atoms with E-state index in [2.05, 4.69) is 41.4 Å². The van der Waals surface area contributed by atoms with Crippen LogP contribution in [0.25, 0.3) is 0 Å². The van der Waals surface area contributed by atoms with Gasteiger partial charge in [0, 0.05) is 50.3 Å². The Bertz CT molecular complexity index is 432. The Kier molecular flexibility index (Phi) is 7.01. The lowest BCUT2D eigenvalue weighted by Crippen LogP contribution is -2.35. The number of aromatic nitrogens is 2. The molecule has 1 atom stereocenters. The van der Waals surface area contributed by atoms with Gasteiger partial charge in [-0.15, -0.1) is 0 Å². The van der Waals surface area contributed by atoms with Crippen molar-refractivity contribution in [3.8, 4) is 0 Å². The summed E-state index contributed by atoms with van der Waals surface area (Å²) in [6, 6.07) is 0. The van der Waals surface area contributed by atoms with Crippen molar-refractivity contribution >= 4 is 5.95 Å². The summed E-state index contributed by atoms with van der Waals surface area (Å²) in [6.07, 6.45) is 1.85. The van der Waals surface area contributed by atoms with Gasteiger partial charge in [0.25, 0.3) is 0 Å². The van der Waals surface area contributed by atoms with Gasteiger partial charge in [0.15, 0.2) is 0 Å². The third-order valence-electron chi connectivity index (χ3n) is 3.06. The van der Waals surface area contributed by atoms with Crippen molar-refractivity contribution in [2.24, 2.45) is 0 Å². The van der Waals surface area contributed by atoms with Crippen LogP contribution < -0.4 is 10.6 Å². The van der Waals surface area contributed by atoms with Crippen LogP contribution in [-0.2, 0) is 16.0 Å². The van der Waals surface area contributed by atoms with Gasteiger partial charge in [0.05, 0.1) is 12.7 Å². The maximum absolute atomic E-state index is 5.29. The summed E-state index contributed by atoms with van der Waals surface area (Å²) in [7, 11) is 3.32. The lowest BCUT2D eigenvalue weighted by atomic mass is 10.1. The maximum Gasteiger partial charge on any atom is 0.222 e. The maximum atomic E-state index is 5.29. The second-order valence-corrected chi connectivity index (χ2v) is 6.10. The molecular formula is C15H28N4O2. The molecule has 0 aliphatic rings. The number of rotatable bonds is 8. The van der Waals surface area contributed by atoms with Crippen LogP contribution in [0.3, 0.4) is 0 Å². The molecule has 2 N–H and O–H groups in total. The zero-order chi connectivity index (χ0) is 15.9. The molecule has 0 aliphatic carbocycles. The van der Waals surface area contributed by atoms with Crippen LogP contribution in [0.15, 0.2) is 6.20 Å². The summed E-state index contributed by atoms with van der Waals surface area (Å²) in [5.41, 5.74) is 2.16. The summed E-state index contributed by atoms with van der Waals surface area (Å²) in [5, 5.41) is 6.61. The molecule has 0 saturated heterocycles. The van der Waals surface area contributed by atoms with Gasteiger partial charge in [0.1, 0.15) is 0 Å². The molecule has 0 aromatic carbocycles. The number of anilines is 1. The third-order valence-corrected chi connectivity index (χ3v) is 3.06. The zero-order valence-electron chi connectivity index (χ0n) is 14.0. The van der Waals surface area contributed by atoms with Gasteiger partial charge in [-0.2, -0.15) is 0 Å². The van der Waals surface area contributed by atoms with E-state index in [4.69, 9.17) is 9.47 Å². The van der Waals surface area contributed by atoms with Crippen molar-refractivity contribution < 1.29 is 9.47 Å². The monoisotopic (exact) mass is 296 g/mol. The summed E-state index contributed by atoms with van der Waals surface area (Å²) >= 11 is 0. The molecule has 6 nitrogen and oxygen atoms in total. The summed E-state index contributed by atoms with van der Waals surface area (Å²) in [6.45, 7) is 10.3. The van der Waals surface area contributed by atoms with Gasteiger partial charge in [-0.1, -0.05) is 0 Å². The fourth-order valence-corrected chi connectivity index (χ4v) is 1.71. The second-order valence-electron chi connectivity index (χ2n) is 6.10. The Balaban J connectivity index is 2.57. The van der Waals surface area contributed by atoms with Gasteiger partial charge in [-0.25, -0.2) is 9.97 Å². The van der Waals surface area contributed by atoms with Crippen molar-refractivity contribution in [3.05, 3.63) is 17.5 Å². The molecule has 0 fully saturated rings. The lowest BCUT2D eigenvalue weighted by molar-refractivity contribution is 0.0365. The molecule has 21 heavy (non-hydrogen) atoms. The number of nitrogens with one attached hydrogen (secondary N) is 2. The quantitative estimate of drug-likeness (QED) is 0.762. The number of hydrogen-bond acceptors (Lipinski definition) is 6. The molecular weight excluding hydrogens is 268 g/mol. The van der Waals surface area contributed by atoms with Crippen LogP contribution in [0.2, 0.25) is 0 Å². The van der Waals surface area contributed by atoms with E-state index in [0.29, 0.717) is 19.1 Å². The van der Waals surface area contributed by atoms with E-state index < -0.39 is 0 Å². The van der Waals surface area contributed by atoms with E-state index in [1.54, 1.807) is 14.2 Å². The predicted octanol–water partition coefficient (Wildman–Crippen LogP) is 1.75. The highest BCUT2D eigenvalue weighted by molar-refractivity contribution is 5.29. The Morgan fingerprint density at radius 1 is 1.29 bits per heavy atom. The number of nitrogens with zero attached hydrogens (tertiary/aromatic N) is 2. The Hall–Kier alpha value is -1.24. The molecule has 1 heterocycles. The largest absolute Gasteiger partial charge is 0.382 e. The topological polar surface area (TPSA) is 68.3 Å². The van der Waals surface area contributed by atoms with Crippen molar-refractivity contribution in [2.45, 2.75) is 45.9 Å². The van der Waals surface area contributed by atoms with Crippen molar-refractivity contribution in [1.82, 2.24) is 15.3 Å². The predicted molar refractivity (Wildman–Crippen MR) is 84.5 cm³/mol. The van der Waals surface area contributed by atoms with Crippen LogP contribution in [0.1, 0.15) is 32.0 Å². The Labute approximate surface area is 127 Å². The highest BCUT2D eigenvalue weighted by atomic mass is 16.5. The molecule has 1 aromatic heterocycles. The molecule has 0 aliphatic heterocycles. The molecule has 1 aromatic rings. The summed E-state index contributed by atoms with van der Waals surface area (Å²) in [5.74, 6) is 0.616. The minimum Gasteiger partial charge on any atom is -0.382 e. The number of aryl methyl sites for hydroxylation is 1. The summed E-state index contributed by atoms with van der Waals surface area (Å²) < 4.78 is 10.4. The lowest BCUT2D eigenvalue weighted by Gasteiger charge is -2.21. The smallest absolute Gasteiger partial charge is 0.222 e. The minimum atomic E-state index is -0.0128. The van der Waals surface area contributed by atoms with Gasteiger partial charge < -0.3 is 20.1 Å². The van der Waals surface area contributed by atoms with E-state index in [1.165, 1.54) is 0 Å². The van der Waals surface area contributed by atoms with Crippen LogP contribution >= 0.6 is 0 Å². The molecule has 1 unspecified atom stereocenters. The second kappa shape index (κ2) is 8.26. The average Bonchev–Trinajstić information content (AvgIpc) is 2.41. The first-order valence-corrected chi connectivity index (χ1v) is 7.19. The molecule has 0 saturated carbocycles. The van der Waals surface area contributed by atoms with E-state index in [-0.39, 0.29) is 11.6 Å². The first-order valence-electron chi connectivity index (χ1n) is 7.19. The standard InChI is InChI=1S/C15H28N4O2/c1-11-12(8-18-15(2,3)4)7-16-14(19-11)17-9-13(21-6)10-20-5/h7,13,18H,8-10H2,1-6H3,(H,16,17,19). The first-order chi connectivity index (χ1) is 9.85. The molecule has 0 amide bonds. The number of ether oxygens (including phenoxy) is 2. The molecule has 6 heteroatoms. The van der Waals surface area contributed by atoms with Crippen LogP contribution in [0.5, 0.6) is 0 Å². The van der Waals surface area contributed by atoms with Crippen molar-refractivity contribution in [1.29, 1.82) is 0 Å². The SMILES string of the molecule is COCC(CNc1ncc(CNC(C)(C)C)c(C)n1)OC. The normalized spacial score (nSPS) is 13.2. The molecule has 0 radical (unpaired) electrons.